The van der Waals surface area contributed by atoms with Gasteiger partial charge in [-0.05, 0) is 31.9 Å². The topological polar surface area (TPSA) is 49.6 Å². The number of pyridine rings is 1. The summed E-state index contributed by atoms with van der Waals surface area (Å²) in [6.45, 7) is 4.25. The number of likely N-dealkylation sites (tertiary alicyclic amines) is 1. The van der Waals surface area contributed by atoms with Crippen molar-refractivity contribution in [2.75, 3.05) is 13.1 Å². The van der Waals surface area contributed by atoms with E-state index in [0.717, 1.165) is 37.3 Å². The van der Waals surface area contributed by atoms with Crippen LogP contribution in [-0.4, -0.2) is 39.3 Å². The Balaban J connectivity index is 1.61. The summed E-state index contributed by atoms with van der Waals surface area (Å²) in [6.07, 6.45) is 5.99. The number of halogens is 1. The van der Waals surface area contributed by atoms with Crippen molar-refractivity contribution in [1.29, 1.82) is 0 Å². The molecule has 112 valence electrons. The number of hydrogen-bond donors (Lipinski definition) is 1. The van der Waals surface area contributed by atoms with Gasteiger partial charge in [0.05, 0.1) is 16.8 Å². The van der Waals surface area contributed by atoms with Crippen molar-refractivity contribution in [2.24, 2.45) is 0 Å². The van der Waals surface area contributed by atoms with Crippen LogP contribution in [0.2, 0.25) is 5.02 Å². The van der Waals surface area contributed by atoms with Gasteiger partial charge in [0.25, 0.3) is 0 Å². The van der Waals surface area contributed by atoms with Crippen LogP contribution in [0.15, 0.2) is 24.5 Å². The number of aromatic nitrogens is 2. The first-order valence-corrected chi connectivity index (χ1v) is 7.66. The Labute approximate surface area is 128 Å². The second-order valence-corrected chi connectivity index (χ2v) is 5.92. The van der Waals surface area contributed by atoms with Crippen molar-refractivity contribution < 1.29 is 4.79 Å². The third-order valence-corrected chi connectivity index (χ3v) is 4.07. The molecule has 1 aliphatic heterocycles. The number of rotatable bonds is 4. The fraction of sp³-hybridized carbons (Fsp3) is 0.467. The van der Waals surface area contributed by atoms with E-state index in [0.29, 0.717) is 11.6 Å². The highest BCUT2D eigenvalue weighted by Crippen LogP contribution is 2.12. The van der Waals surface area contributed by atoms with Crippen molar-refractivity contribution in [1.82, 2.24) is 19.6 Å². The number of amides is 1. The molecule has 2 aromatic rings. The number of imidazole rings is 1. The van der Waals surface area contributed by atoms with Crippen molar-refractivity contribution in [3.05, 3.63) is 35.2 Å². The fourth-order valence-corrected chi connectivity index (χ4v) is 2.83. The quantitative estimate of drug-likeness (QED) is 0.941. The van der Waals surface area contributed by atoms with Gasteiger partial charge < -0.3 is 14.6 Å². The lowest BCUT2D eigenvalue weighted by Crippen LogP contribution is -2.43. The van der Waals surface area contributed by atoms with Crippen LogP contribution in [0.25, 0.3) is 5.65 Å². The lowest BCUT2D eigenvalue weighted by atomic mass is 10.3. The fourth-order valence-electron chi connectivity index (χ4n) is 2.66. The van der Waals surface area contributed by atoms with Gasteiger partial charge in [-0.1, -0.05) is 11.6 Å². The van der Waals surface area contributed by atoms with Crippen molar-refractivity contribution in [3.8, 4) is 0 Å². The summed E-state index contributed by atoms with van der Waals surface area (Å²) in [5, 5.41) is 3.93. The third-order valence-electron chi connectivity index (χ3n) is 3.84. The standard InChI is InChI=1S/C15H19ClN4O/c1-11(15(21)19-6-2-3-7-19)17-8-13-10-20-9-12(16)4-5-14(20)18-13/h4-5,9-11,17H,2-3,6-8H2,1H3. The largest absolute Gasteiger partial charge is 0.341 e. The lowest BCUT2D eigenvalue weighted by molar-refractivity contribution is -0.131. The Bertz CT molecular complexity index is 648. The molecule has 1 unspecified atom stereocenters. The molecule has 6 heteroatoms. The van der Waals surface area contributed by atoms with E-state index in [4.69, 9.17) is 11.6 Å². The van der Waals surface area contributed by atoms with Crippen molar-refractivity contribution >= 4 is 23.2 Å². The van der Waals surface area contributed by atoms with Gasteiger partial charge in [0.2, 0.25) is 5.91 Å². The van der Waals surface area contributed by atoms with Crippen LogP contribution in [0.5, 0.6) is 0 Å². The van der Waals surface area contributed by atoms with E-state index in [2.05, 4.69) is 10.3 Å². The summed E-state index contributed by atoms with van der Waals surface area (Å²) >= 11 is 5.96. The molecule has 3 rings (SSSR count). The zero-order chi connectivity index (χ0) is 14.8. The third kappa shape index (κ3) is 3.19. The van der Waals surface area contributed by atoms with Crippen LogP contribution >= 0.6 is 11.6 Å². The van der Waals surface area contributed by atoms with E-state index in [-0.39, 0.29) is 11.9 Å². The number of carbonyl (C=O) groups is 1. The van der Waals surface area contributed by atoms with Crippen LogP contribution in [0.4, 0.5) is 0 Å². The maximum absolute atomic E-state index is 12.2. The maximum atomic E-state index is 12.2. The number of fused-ring (bicyclic) bond motifs is 1. The zero-order valence-corrected chi connectivity index (χ0v) is 12.8. The molecule has 1 amide bonds. The van der Waals surface area contributed by atoms with Gasteiger partial charge >= 0.3 is 0 Å². The highest BCUT2D eigenvalue weighted by Gasteiger charge is 2.22. The average molecular weight is 307 g/mol. The van der Waals surface area contributed by atoms with Gasteiger partial charge in [-0.15, -0.1) is 0 Å². The van der Waals surface area contributed by atoms with Crippen LogP contribution in [-0.2, 0) is 11.3 Å². The second kappa shape index (κ2) is 6.03. The molecule has 1 fully saturated rings. The second-order valence-electron chi connectivity index (χ2n) is 5.48. The Morgan fingerprint density at radius 2 is 2.14 bits per heavy atom. The lowest BCUT2D eigenvalue weighted by Gasteiger charge is -2.20. The van der Waals surface area contributed by atoms with Crippen LogP contribution in [0.3, 0.4) is 0 Å². The Morgan fingerprint density at radius 3 is 2.90 bits per heavy atom. The molecule has 0 saturated carbocycles. The molecule has 1 N–H and O–H groups in total. The molecule has 0 aromatic carbocycles. The van der Waals surface area contributed by atoms with Gasteiger partial charge in [-0.25, -0.2) is 4.98 Å². The molecule has 1 atom stereocenters. The van der Waals surface area contributed by atoms with E-state index in [1.165, 1.54) is 0 Å². The normalized spacial score (nSPS) is 16.6. The van der Waals surface area contributed by atoms with E-state index in [1.807, 2.05) is 40.8 Å². The molecule has 3 heterocycles. The Hall–Kier alpha value is -1.59. The molecule has 1 aliphatic rings. The van der Waals surface area contributed by atoms with Gasteiger partial charge in [-0.2, -0.15) is 0 Å². The predicted octanol–water partition coefficient (Wildman–Crippen LogP) is 2.09. The minimum absolute atomic E-state index is 0.180. The molecular weight excluding hydrogens is 288 g/mol. The van der Waals surface area contributed by atoms with E-state index in [1.54, 1.807) is 0 Å². The monoisotopic (exact) mass is 306 g/mol. The maximum Gasteiger partial charge on any atom is 0.239 e. The number of nitrogens with one attached hydrogen (secondary N) is 1. The predicted molar refractivity (Wildman–Crippen MR) is 82.3 cm³/mol. The number of nitrogens with zero attached hydrogens (tertiary/aromatic N) is 3. The summed E-state index contributed by atoms with van der Waals surface area (Å²) in [7, 11) is 0. The summed E-state index contributed by atoms with van der Waals surface area (Å²) in [4.78, 5) is 18.6. The smallest absolute Gasteiger partial charge is 0.239 e. The van der Waals surface area contributed by atoms with Gasteiger partial charge in [0.1, 0.15) is 5.65 Å². The summed E-state index contributed by atoms with van der Waals surface area (Å²) in [5.74, 6) is 0.180. The average Bonchev–Trinajstić information content (AvgIpc) is 3.12. The molecule has 5 nitrogen and oxygen atoms in total. The summed E-state index contributed by atoms with van der Waals surface area (Å²) in [5.41, 5.74) is 1.76. The van der Waals surface area contributed by atoms with Crippen LogP contribution in [0.1, 0.15) is 25.5 Å². The highest BCUT2D eigenvalue weighted by molar-refractivity contribution is 6.30. The molecule has 0 spiro atoms. The van der Waals surface area contributed by atoms with E-state index < -0.39 is 0 Å². The molecule has 21 heavy (non-hydrogen) atoms. The van der Waals surface area contributed by atoms with Crippen molar-refractivity contribution in [3.63, 3.8) is 0 Å². The molecule has 0 aliphatic carbocycles. The van der Waals surface area contributed by atoms with Crippen molar-refractivity contribution in [2.45, 2.75) is 32.4 Å². The van der Waals surface area contributed by atoms with Gasteiger partial charge in [-0.3, -0.25) is 4.79 Å². The summed E-state index contributed by atoms with van der Waals surface area (Å²) < 4.78 is 1.90. The number of carbonyl (C=O) groups excluding carboxylic acids is 1. The first kappa shape index (κ1) is 14.4. The van der Waals surface area contributed by atoms with Gasteiger partial charge in [0, 0.05) is 32.0 Å². The molecule has 2 aromatic heterocycles. The van der Waals surface area contributed by atoms with Gasteiger partial charge in [0.15, 0.2) is 0 Å². The van der Waals surface area contributed by atoms with E-state index in [9.17, 15) is 4.79 Å². The Kier molecular flexibility index (Phi) is 4.12. The Morgan fingerprint density at radius 1 is 1.38 bits per heavy atom. The minimum Gasteiger partial charge on any atom is -0.341 e. The molecule has 0 bridgehead atoms. The number of hydrogen-bond acceptors (Lipinski definition) is 3. The molecule has 1 saturated heterocycles. The minimum atomic E-state index is -0.184. The first-order chi connectivity index (χ1) is 10.1. The summed E-state index contributed by atoms with van der Waals surface area (Å²) in [6, 6.07) is 3.52. The van der Waals surface area contributed by atoms with Crippen LogP contribution < -0.4 is 5.32 Å². The van der Waals surface area contributed by atoms with Crippen LogP contribution in [0, 0.1) is 0 Å². The highest BCUT2D eigenvalue weighted by atomic mass is 35.5. The first-order valence-electron chi connectivity index (χ1n) is 7.29. The molecule has 0 radical (unpaired) electrons. The van der Waals surface area contributed by atoms with E-state index >= 15 is 0 Å². The SMILES string of the molecule is CC(NCc1cn2cc(Cl)ccc2n1)C(=O)N1CCCC1. The zero-order valence-electron chi connectivity index (χ0n) is 12.1. The molecular formula is C15H19ClN4O.